The Bertz CT molecular complexity index is 1610. The van der Waals surface area contributed by atoms with Crippen molar-refractivity contribution in [2.24, 2.45) is 0 Å². The summed E-state index contributed by atoms with van der Waals surface area (Å²) in [6.07, 6.45) is 2.43. The maximum Gasteiger partial charge on any atom is 0.262 e. The molecule has 0 bridgehead atoms. The van der Waals surface area contributed by atoms with Crippen molar-refractivity contribution in [3.8, 4) is 11.5 Å². The van der Waals surface area contributed by atoms with Crippen LogP contribution in [-0.4, -0.2) is 53.9 Å². The molecule has 1 saturated heterocycles. The summed E-state index contributed by atoms with van der Waals surface area (Å²) in [7, 11) is -5.32. The van der Waals surface area contributed by atoms with Crippen molar-refractivity contribution in [3.05, 3.63) is 72.0 Å². The van der Waals surface area contributed by atoms with Gasteiger partial charge in [0.1, 0.15) is 22.2 Å². The summed E-state index contributed by atoms with van der Waals surface area (Å²) in [5.74, 6) is -0.905. The lowest BCUT2D eigenvalue weighted by molar-refractivity contribution is 0.102. The van der Waals surface area contributed by atoms with E-state index in [0.717, 1.165) is 43.5 Å². The molecule has 13 heteroatoms. The predicted octanol–water partition coefficient (Wildman–Crippen LogP) is 4.46. The Morgan fingerprint density at radius 3 is 2.25 bits per heavy atom. The van der Waals surface area contributed by atoms with Crippen LogP contribution >= 0.6 is 0 Å². The third-order valence-corrected chi connectivity index (χ3v) is 10.00. The molecular weight excluding hydrogens is 561 g/mol. The van der Waals surface area contributed by atoms with Crippen LogP contribution in [0.1, 0.15) is 36.5 Å². The summed E-state index contributed by atoms with van der Waals surface area (Å²) < 4.78 is 80.3. The number of amides is 1. The van der Waals surface area contributed by atoms with Crippen LogP contribution in [0.15, 0.2) is 70.5 Å². The highest BCUT2D eigenvalue weighted by molar-refractivity contribution is 7.92. The van der Waals surface area contributed by atoms with Crippen LogP contribution < -0.4 is 19.5 Å². The van der Waals surface area contributed by atoms with E-state index in [1.807, 2.05) is 6.92 Å². The van der Waals surface area contributed by atoms with Gasteiger partial charge in [-0.2, -0.15) is 4.31 Å². The van der Waals surface area contributed by atoms with E-state index in [1.165, 1.54) is 54.9 Å². The Labute approximate surface area is 233 Å². The Morgan fingerprint density at radius 1 is 0.925 bits per heavy atom. The molecule has 2 N–H and O–H groups in total. The van der Waals surface area contributed by atoms with Crippen LogP contribution in [0.25, 0.3) is 0 Å². The van der Waals surface area contributed by atoms with Gasteiger partial charge in [0.2, 0.25) is 10.0 Å². The average Bonchev–Trinajstić information content (AvgIpc) is 2.93. The molecule has 1 atom stereocenters. The Hall–Kier alpha value is -3.68. The molecule has 0 aliphatic carbocycles. The standard InChI is InChI=1S/C27H30FN3O7S2/c1-18-6-4-5-15-31(18)40(35,36)26-16-19(7-13-25(26)38-3)27(32)29-21-10-14-24(37-2)23(17-21)30-39(33,34)22-11-8-20(28)9-12-22/h7-14,16-18,30H,4-6,15H2,1-3H3,(H,29,32). The van der Waals surface area contributed by atoms with Crippen molar-refractivity contribution in [1.29, 1.82) is 0 Å². The molecule has 3 aromatic carbocycles. The summed E-state index contributed by atoms with van der Waals surface area (Å²) in [5.41, 5.74) is 0.308. The number of hydrogen-bond acceptors (Lipinski definition) is 7. The van der Waals surface area contributed by atoms with Crippen molar-refractivity contribution in [3.63, 3.8) is 0 Å². The number of carbonyl (C=O) groups is 1. The summed E-state index contributed by atoms with van der Waals surface area (Å²) in [6.45, 7) is 2.23. The fraction of sp³-hybridized carbons (Fsp3) is 0.296. The molecule has 1 aliphatic heterocycles. The molecule has 40 heavy (non-hydrogen) atoms. The molecule has 1 aliphatic rings. The number of carbonyl (C=O) groups excluding carboxylic acids is 1. The zero-order valence-electron chi connectivity index (χ0n) is 22.2. The number of piperidine rings is 1. The zero-order chi connectivity index (χ0) is 29.1. The van der Waals surface area contributed by atoms with Crippen LogP contribution in [0.3, 0.4) is 0 Å². The maximum absolute atomic E-state index is 13.5. The fourth-order valence-corrected chi connectivity index (χ4v) is 7.40. The molecule has 0 saturated carbocycles. The van der Waals surface area contributed by atoms with E-state index >= 15 is 0 Å². The molecule has 3 aromatic rings. The van der Waals surface area contributed by atoms with Gasteiger partial charge in [0.05, 0.1) is 24.8 Å². The molecular formula is C27H30FN3O7S2. The number of ether oxygens (including phenoxy) is 2. The monoisotopic (exact) mass is 591 g/mol. The van der Waals surface area contributed by atoms with Gasteiger partial charge < -0.3 is 14.8 Å². The summed E-state index contributed by atoms with van der Waals surface area (Å²) in [5, 5.41) is 2.66. The average molecular weight is 592 g/mol. The third kappa shape index (κ3) is 6.21. The number of rotatable bonds is 9. The van der Waals surface area contributed by atoms with Gasteiger partial charge in [0, 0.05) is 23.8 Å². The van der Waals surface area contributed by atoms with Crippen LogP contribution in [0, 0.1) is 5.82 Å². The molecule has 1 amide bonds. The molecule has 4 rings (SSSR count). The lowest BCUT2D eigenvalue weighted by atomic mass is 10.1. The summed E-state index contributed by atoms with van der Waals surface area (Å²) in [6, 6.07) is 12.6. The van der Waals surface area contributed by atoms with Crippen LogP contribution in [0.5, 0.6) is 11.5 Å². The number of methoxy groups -OCH3 is 2. The van der Waals surface area contributed by atoms with E-state index in [4.69, 9.17) is 9.47 Å². The third-order valence-electron chi connectivity index (χ3n) is 6.58. The first kappa shape index (κ1) is 29.3. The maximum atomic E-state index is 13.5. The lowest BCUT2D eigenvalue weighted by Gasteiger charge is -2.32. The van der Waals surface area contributed by atoms with Crippen LogP contribution in [0.4, 0.5) is 15.8 Å². The van der Waals surface area contributed by atoms with E-state index < -0.39 is 31.8 Å². The highest BCUT2D eigenvalue weighted by Gasteiger charge is 2.33. The van der Waals surface area contributed by atoms with Crippen molar-refractivity contribution < 1.29 is 35.5 Å². The number of nitrogens with one attached hydrogen (secondary N) is 2. The molecule has 0 aromatic heterocycles. The SMILES string of the molecule is COc1ccc(NC(=O)c2ccc(OC)c(S(=O)(=O)N3CCCCC3C)c2)cc1NS(=O)(=O)c1ccc(F)cc1. The van der Waals surface area contributed by atoms with Gasteiger partial charge in [0.25, 0.3) is 15.9 Å². The highest BCUT2D eigenvalue weighted by atomic mass is 32.2. The van der Waals surface area contributed by atoms with E-state index in [1.54, 1.807) is 0 Å². The van der Waals surface area contributed by atoms with E-state index in [2.05, 4.69) is 10.0 Å². The van der Waals surface area contributed by atoms with Crippen LogP contribution in [-0.2, 0) is 20.0 Å². The smallest absolute Gasteiger partial charge is 0.262 e. The normalized spacial score (nSPS) is 16.2. The Kier molecular flexibility index (Phi) is 8.66. The first-order valence-electron chi connectivity index (χ1n) is 12.4. The first-order valence-corrected chi connectivity index (χ1v) is 15.4. The summed E-state index contributed by atoms with van der Waals surface area (Å²) >= 11 is 0. The van der Waals surface area contributed by atoms with Gasteiger partial charge in [0.15, 0.2) is 0 Å². The van der Waals surface area contributed by atoms with Gasteiger partial charge in [-0.05, 0) is 80.4 Å². The number of halogens is 1. The zero-order valence-corrected chi connectivity index (χ0v) is 23.8. The van der Waals surface area contributed by atoms with E-state index in [-0.39, 0.29) is 44.3 Å². The van der Waals surface area contributed by atoms with Crippen molar-refractivity contribution in [2.75, 3.05) is 30.8 Å². The topological polar surface area (TPSA) is 131 Å². The molecule has 214 valence electrons. The quantitative estimate of drug-likeness (QED) is 0.376. The van der Waals surface area contributed by atoms with Crippen LogP contribution in [0.2, 0.25) is 0 Å². The first-order chi connectivity index (χ1) is 19.0. The summed E-state index contributed by atoms with van der Waals surface area (Å²) in [4.78, 5) is 12.9. The minimum Gasteiger partial charge on any atom is -0.495 e. The van der Waals surface area contributed by atoms with Gasteiger partial charge in [-0.15, -0.1) is 0 Å². The number of benzene rings is 3. The largest absolute Gasteiger partial charge is 0.495 e. The molecule has 0 radical (unpaired) electrons. The molecule has 1 fully saturated rings. The van der Waals surface area contributed by atoms with E-state index in [0.29, 0.717) is 6.54 Å². The van der Waals surface area contributed by atoms with Crippen molar-refractivity contribution in [1.82, 2.24) is 4.31 Å². The molecule has 1 unspecified atom stereocenters. The molecule has 10 nitrogen and oxygen atoms in total. The van der Waals surface area contributed by atoms with E-state index in [9.17, 15) is 26.0 Å². The predicted molar refractivity (Wildman–Crippen MR) is 148 cm³/mol. The lowest BCUT2D eigenvalue weighted by Crippen LogP contribution is -2.42. The number of sulfonamides is 2. The van der Waals surface area contributed by atoms with Gasteiger partial charge >= 0.3 is 0 Å². The number of anilines is 2. The Morgan fingerprint density at radius 2 is 1.60 bits per heavy atom. The number of nitrogens with zero attached hydrogens (tertiary/aromatic N) is 1. The van der Waals surface area contributed by atoms with Crippen molar-refractivity contribution >= 4 is 37.3 Å². The minimum atomic E-state index is -4.10. The second-order valence-electron chi connectivity index (χ2n) is 9.25. The Balaban J connectivity index is 1.61. The van der Waals surface area contributed by atoms with Gasteiger partial charge in [-0.1, -0.05) is 6.42 Å². The highest BCUT2D eigenvalue weighted by Crippen LogP contribution is 2.33. The molecule has 1 heterocycles. The van der Waals surface area contributed by atoms with Gasteiger partial charge in [-0.3, -0.25) is 9.52 Å². The second kappa shape index (κ2) is 11.8. The minimum absolute atomic E-state index is 0.0294. The van der Waals surface area contributed by atoms with Gasteiger partial charge in [-0.25, -0.2) is 21.2 Å². The second-order valence-corrected chi connectivity index (χ2v) is 12.8. The number of hydrogen-bond donors (Lipinski definition) is 2. The van der Waals surface area contributed by atoms with Crippen molar-refractivity contribution in [2.45, 2.75) is 42.0 Å². The fourth-order valence-electron chi connectivity index (χ4n) is 4.46. The molecule has 0 spiro atoms.